The maximum Gasteiger partial charge on any atom is 0.164 e. The van der Waals surface area contributed by atoms with Gasteiger partial charge < -0.3 is 13.3 Å². The third-order valence-electron chi connectivity index (χ3n) is 25.5. The van der Waals surface area contributed by atoms with Crippen molar-refractivity contribution in [1.29, 1.82) is 0 Å². The molecule has 0 N–H and O–H groups in total. The van der Waals surface area contributed by atoms with Crippen LogP contribution in [-0.2, 0) is 0 Å². The van der Waals surface area contributed by atoms with Gasteiger partial charge in [-0.05, 0) is 183 Å². The van der Waals surface area contributed by atoms with Crippen LogP contribution in [0.3, 0.4) is 0 Å². The van der Waals surface area contributed by atoms with Crippen LogP contribution in [0.2, 0.25) is 0 Å². The van der Waals surface area contributed by atoms with Crippen LogP contribution in [0.25, 0.3) is 266 Å². The van der Waals surface area contributed by atoms with E-state index in [9.17, 15) is 0 Å². The molecule has 6 aromatic heterocycles. The van der Waals surface area contributed by atoms with Gasteiger partial charge in [0.2, 0.25) is 0 Å². The molecule has 6 heterocycles. The Kier molecular flexibility index (Phi) is 19.6. The first-order chi connectivity index (χ1) is 66.8. The lowest BCUT2D eigenvalue weighted by Gasteiger charge is -2.14. The number of rotatable bonds is 12. The van der Waals surface area contributed by atoms with Crippen molar-refractivity contribution >= 4 is 130 Å². The second kappa shape index (κ2) is 33.6. The van der Waals surface area contributed by atoms with E-state index in [1.54, 1.807) is 0 Å². The first-order valence-corrected chi connectivity index (χ1v) is 45.1. The number of hydrogen-bond donors (Lipinski definition) is 0. The van der Waals surface area contributed by atoms with Crippen molar-refractivity contribution in [2.45, 2.75) is 0 Å². The van der Waals surface area contributed by atoms with Gasteiger partial charge >= 0.3 is 0 Å². The SMILES string of the molecule is c1ccc(-c2nc(-c3ccc4ccccc4c3)nc(-c3cc(-c4ccc5oc6ccccc6c5c4)c4ccccc4c3)n2)cc1.c1ccc(-c2nc(-c3ccc4ccccc4c3)nc(-c3ccc4oc5ccccc5c4c3-c3ccc4ccccc4c3)n2)cc1.c1ccc(-c2nc(-c3ccc4ccccc4c3)nc(-c3cccc4c(-c5ccc6oc7ccccc7c6c5)cccc34)n2)cc1. The number of hydrogen-bond acceptors (Lipinski definition) is 12. The molecule has 0 amide bonds. The molecule has 21 aromatic carbocycles. The third kappa shape index (κ3) is 14.9. The zero-order valence-corrected chi connectivity index (χ0v) is 72.6. The van der Waals surface area contributed by atoms with Gasteiger partial charge in [-0.15, -0.1) is 0 Å². The molecule has 630 valence electrons. The van der Waals surface area contributed by atoms with Crippen LogP contribution in [-0.4, -0.2) is 44.9 Å². The molecule has 0 aliphatic heterocycles. The summed E-state index contributed by atoms with van der Waals surface area (Å²) in [5.41, 5.74) is 20.4. The largest absolute Gasteiger partial charge is 0.456 e. The highest BCUT2D eigenvalue weighted by Crippen LogP contribution is 2.46. The van der Waals surface area contributed by atoms with E-state index < -0.39 is 0 Å². The van der Waals surface area contributed by atoms with Crippen LogP contribution in [0.1, 0.15) is 0 Å². The van der Waals surface area contributed by atoms with E-state index in [4.69, 9.17) is 58.1 Å². The minimum atomic E-state index is 0.613. The fraction of sp³-hybridized carbons (Fsp3) is 0. The molecule has 0 unspecified atom stereocenters. The van der Waals surface area contributed by atoms with E-state index in [0.717, 1.165) is 182 Å². The molecule has 0 fully saturated rings. The van der Waals surface area contributed by atoms with E-state index in [0.29, 0.717) is 52.4 Å². The molecule has 0 bridgehead atoms. The minimum absolute atomic E-state index is 0.613. The fourth-order valence-electron chi connectivity index (χ4n) is 18.9. The molecule has 0 aliphatic carbocycles. The van der Waals surface area contributed by atoms with Crippen molar-refractivity contribution in [1.82, 2.24) is 44.9 Å². The quantitative estimate of drug-likeness (QED) is 0.114. The predicted molar refractivity (Wildman–Crippen MR) is 552 cm³/mol. The highest BCUT2D eigenvalue weighted by Gasteiger charge is 2.25. The average Bonchev–Trinajstić information content (AvgIpc) is 1.63. The van der Waals surface area contributed by atoms with Gasteiger partial charge in [0.05, 0.1) is 0 Å². The number of fused-ring (bicyclic) bond motifs is 15. The fourth-order valence-corrected chi connectivity index (χ4v) is 18.9. The lowest BCUT2D eigenvalue weighted by molar-refractivity contribution is 0.668. The van der Waals surface area contributed by atoms with Crippen LogP contribution < -0.4 is 0 Å². The number of furan rings is 3. The van der Waals surface area contributed by atoms with Gasteiger partial charge in [-0.2, -0.15) is 0 Å². The van der Waals surface area contributed by atoms with Gasteiger partial charge in [-0.3, -0.25) is 0 Å². The van der Waals surface area contributed by atoms with Crippen molar-refractivity contribution in [2.75, 3.05) is 0 Å². The summed E-state index contributed by atoms with van der Waals surface area (Å²) in [6, 6.07) is 157. The van der Waals surface area contributed by atoms with Crippen LogP contribution >= 0.6 is 0 Å². The Morgan fingerprint density at radius 2 is 0.422 bits per heavy atom. The van der Waals surface area contributed by atoms with Crippen LogP contribution in [0.5, 0.6) is 0 Å². The molecule has 12 heteroatoms. The van der Waals surface area contributed by atoms with Gasteiger partial charge in [0, 0.05) is 88.0 Å². The van der Waals surface area contributed by atoms with Gasteiger partial charge in [0.25, 0.3) is 0 Å². The Bertz CT molecular complexity index is 9360. The summed E-state index contributed by atoms with van der Waals surface area (Å²) >= 11 is 0. The molecule has 135 heavy (non-hydrogen) atoms. The highest BCUT2D eigenvalue weighted by molar-refractivity contribution is 6.17. The van der Waals surface area contributed by atoms with Gasteiger partial charge in [-0.1, -0.05) is 364 Å². The Hall–Kier alpha value is -18.4. The molecular formula is C123H75N9O3. The molecule has 0 atom stereocenters. The number of aromatic nitrogens is 9. The lowest BCUT2D eigenvalue weighted by Crippen LogP contribution is -2.01. The topological polar surface area (TPSA) is 155 Å². The van der Waals surface area contributed by atoms with Gasteiger partial charge in [0.15, 0.2) is 52.4 Å². The molecule has 27 aromatic rings. The van der Waals surface area contributed by atoms with Crippen LogP contribution in [0, 0.1) is 0 Å². The second-order valence-electron chi connectivity index (χ2n) is 33.8. The monoisotopic (exact) mass is 1730 g/mol. The zero-order valence-electron chi connectivity index (χ0n) is 72.6. The Morgan fingerprint density at radius 3 is 0.889 bits per heavy atom. The molecule has 0 aliphatic rings. The summed E-state index contributed by atoms with van der Waals surface area (Å²) in [6.07, 6.45) is 0. The Balaban J connectivity index is 0.000000108. The summed E-state index contributed by atoms with van der Waals surface area (Å²) in [5, 5.41) is 20.4. The predicted octanol–water partition coefficient (Wildman–Crippen LogP) is 32.2. The molecule has 27 rings (SSSR count). The van der Waals surface area contributed by atoms with E-state index in [2.05, 4.69) is 322 Å². The number of benzene rings is 21. The maximum absolute atomic E-state index is 6.37. The summed E-state index contributed by atoms with van der Waals surface area (Å²) in [6.45, 7) is 0. The van der Waals surface area contributed by atoms with Crippen molar-refractivity contribution < 1.29 is 13.3 Å². The summed E-state index contributed by atoms with van der Waals surface area (Å²) in [5.74, 6) is 5.73. The molecule has 0 saturated carbocycles. The normalized spacial score (nSPS) is 11.6. The highest BCUT2D eigenvalue weighted by atomic mass is 16.3. The van der Waals surface area contributed by atoms with E-state index in [-0.39, 0.29) is 0 Å². The van der Waals surface area contributed by atoms with Crippen LogP contribution in [0.15, 0.2) is 468 Å². The Morgan fingerprint density at radius 1 is 0.126 bits per heavy atom. The van der Waals surface area contributed by atoms with E-state index >= 15 is 0 Å². The molecule has 0 spiro atoms. The standard InChI is InChI=1S/3C41H25N3O/c1-2-12-28(13-3-1)39-42-40(32-21-19-27-11-5-7-15-30(27)25-32)44-41(43-39)34-22-23-36-38(33-16-8-9-17-35(33)45-36)37(34)31-20-18-26-10-4-6-14-29(26)24-31;1-2-11-27(12-3-1)39-42-40(30-21-20-26-10-4-5-13-28(26)24-30)44-41(43-39)35-18-9-16-32-31(15-8-17-33(32)35)29-22-23-38-36(25-29)34-14-6-7-19-37(34)45-38;1-2-11-27(12-3-1)39-42-40(31-19-18-26-10-4-5-13-28(26)22-31)44-41(43-39)32-23-29-14-6-7-15-33(29)35(25-32)30-20-21-38-36(24-30)34-16-8-9-17-37(34)45-38/h3*1-25H. The third-order valence-corrected chi connectivity index (χ3v) is 25.5. The van der Waals surface area contributed by atoms with Crippen molar-refractivity contribution in [3.8, 4) is 136 Å². The van der Waals surface area contributed by atoms with Crippen molar-refractivity contribution in [2.24, 2.45) is 0 Å². The summed E-state index contributed by atoms with van der Waals surface area (Å²) in [7, 11) is 0. The first-order valence-electron chi connectivity index (χ1n) is 45.1. The number of para-hydroxylation sites is 3. The lowest BCUT2D eigenvalue weighted by atomic mass is 9.92. The average molecular weight is 1730 g/mol. The van der Waals surface area contributed by atoms with E-state index in [1.165, 1.54) is 32.3 Å². The molecule has 0 radical (unpaired) electrons. The maximum atomic E-state index is 6.37. The van der Waals surface area contributed by atoms with Crippen LogP contribution in [0.4, 0.5) is 0 Å². The summed E-state index contributed by atoms with van der Waals surface area (Å²) < 4.78 is 18.6. The summed E-state index contributed by atoms with van der Waals surface area (Å²) in [4.78, 5) is 45.5. The van der Waals surface area contributed by atoms with Crippen molar-refractivity contribution in [3.05, 3.63) is 455 Å². The van der Waals surface area contributed by atoms with Crippen molar-refractivity contribution in [3.63, 3.8) is 0 Å². The smallest absolute Gasteiger partial charge is 0.164 e. The van der Waals surface area contributed by atoms with Gasteiger partial charge in [-0.25, -0.2) is 44.9 Å². The molecule has 0 saturated heterocycles. The first kappa shape index (κ1) is 78.8. The minimum Gasteiger partial charge on any atom is -0.456 e. The molecule has 12 nitrogen and oxygen atoms in total. The van der Waals surface area contributed by atoms with Gasteiger partial charge in [0.1, 0.15) is 33.5 Å². The molecular weight excluding hydrogens is 1650 g/mol. The number of nitrogens with zero attached hydrogens (tertiary/aromatic N) is 9. The van der Waals surface area contributed by atoms with E-state index in [1.807, 2.05) is 133 Å². The Labute approximate surface area is 774 Å². The second-order valence-corrected chi connectivity index (χ2v) is 33.8. The zero-order chi connectivity index (χ0) is 89.2.